The van der Waals surface area contributed by atoms with Crippen LogP contribution in [0.4, 0.5) is 5.69 Å². The highest BCUT2D eigenvalue weighted by molar-refractivity contribution is 8.01. The van der Waals surface area contributed by atoms with Gasteiger partial charge in [0.2, 0.25) is 11.8 Å². The molecule has 2 aliphatic heterocycles. The number of anilines is 1. The van der Waals surface area contributed by atoms with Gasteiger partial charge in [-0.25, -0.2) is 0 Å². The lowest BCUT2D eigenvalue weighted by atomic mass is 10.0. The summed E-state index contributed by atoms with van der Waals surface area (Å²) in [7, 11) is 0. The summed E-state index contributed by atoms with van der Waals surface area (Å²) in [6.07, 6.45) is 1.36. The van der Waals surface area contributed by atoms with Crippen molar-refractivity contribution >= 4 is 29.3 Å². The maximum Gasteiger partial charge on any atom is 0.248 e. The molecule has 2 aromatic carbocycles. The number of carbonyl (C=O) groups is 2. The first kappa shape index (κ1) is 16.2. The van der Waals surface area contributed by atoms with Gasteiger partial charge in [0.1, 0.15) is 6.04 Å². The first-order valence-electron chi connectivity index (χ1n) is 8.50. The molecule has 2 fully saturated rings. The topological polar surface area (TPSA) is 49.4 Å². The van der Waals surface area contributed by atoms with Gasteiger partial charge >= 0.3 is 0 Å². The van der Waals surface area contributed by atoms with E-state index in [1.807, 2.05) is 54.6 Å². The van der Waals surface area contributed by atoms with Crippen LogP contribution in [-0.2, 0) is 9.59 Å². The van der Waals surface area contributed by atoms with E-state index in [0.717, 1.165) is 23.2 Å². The van der Waals surface area contributed by atoms with Gasteiger partial charge in [0.05, 0.1) is 4.87 Å². The summed E-state index contributed by atoms with van der Waals surface area (Å²) < 4.78 is 0. The number of rotatable bonds is 3. The van der Waals surface area contributed by atoms with Crippen molar-refractivity contribution in [3.63, 3.8) is 0 Å². The third-order valence-electron chi connectivity index (χ3n) is 5.02. The molecule has 0 bridgehead atoms. The van der Waals surface area contributed by atoms with Crippen LogP contribution in [0.15, 0.2) is 54.6 Å². The van der Waals surface area contributed by atoms with Crippen molar-refractivity contribution in [2.45, 2.75) is 30.7 Å². The van der Waals surface area contributed by atoms with Gasteiger partial charge in [-0.1, -0.05) is 48.5 Å². The number of amides is 2. The summed E-state index contributed by atoms with van der Waals surface area (Å²) in [5.74, 6) is 0.639. The first-order chi connectivity index (χ1) is 12.1. The molecule has 5 heteroatoms. The zero-order valence-corrected chi connectivity index (χ0v) is 14.9. The molecule has 1 N–H and O–H groups in total. The Morgan fingerprint density at radius 3 is 2.68 bits per heavy atom. The lowest BCUT2D eigenvalue weighted by Gasteiger charge is -2.30. The summed E-state index contributed by atoms with van der Waals surface area (Å²) in [4.78, 5) is 26.7. The molecule has 4 nitrogen and oxygen atoms in total. The molecule has 0 aliphatic carbocycles. The Kier molecular flexibility index (Phi) is 4.04. The van der Waals surface area contributed by atoms with Gasteiger partial charge in [0, 0.05) is 23.4 Å². The maximum absolute atomic E-state index is 12.9. The van der Waals surface area contributed by atoms with Crippen molar-refractivity contribution in [2.75, 3.05) is 11.1 Å². The van der Waals surface area contributed by atoms with Crippen molar-refractivity contribution in [3.8, 4) is 11.1 Å². The minimum Gasteiger partial charge on any atom is -0.324 e. The van der Waals surface area contributed by atoms with Gasteiger partial charge in [-0.2, -0.15) is 0 Å². The third-order valence-corrected chi connectivity index (χ3v) is 6.52. The van der Waals surface area contributed by atoms with E-state index in [1.54, 1.807) is 16.7 Å². The molecular formula is C20H20N2O2S. The Labute approximate surface area is 151 Å². The SMILES string of the molecule is C[C@@]12CCC(=O)N1[C@@H](C(=O)Nc1ccccc1-c1ccccc1)CS2. The third kappa shape index (κ3) is 2.82. The summed E-state index contributed by atoms with van der Waals surface area (Å²) in [5, 5.41) is 3.06. The minimum atomic E-state index is -0.395. The van der Waals surface area contributed by atoms with Gasteiger partial charge in [-0.05, 0) is 25.0 Å². The van der Waals surface area contributed by atoms with Crippen LogP contribution in [0.3, 0.4) is 0 Å². The molecule has 4 rings (SSSR count). The fourth-order valence-corrected chi connectivity index (χ4v) is 5.12. The first-order valence-corrected chi connectivity index (χ1v) is 9.48. The van der Waals surface area contributed by atoms with E-state index in [1.165, 1.54) is 0 Å². The number of carbonyl (C=O) groups excluding carboxylic acids is 2. The van der Waals surface area contributed by atoms with Crippen LogP contribution in [0.1, 0.15) is 19.8 Å². The van der Waals surface area contributed by atoms with Crippen LogP contribution in [0, 0.1) is 0 Å². The fourth-order valence-electron chi connectivity index (χ4n) is 3.69. The molecule has 2 amide bonds. The molecule has 0 radical (unpaired) electrons. The van der Waals surface area contributed by atoms with Crippen molar-refractivity contribution in [1.29, 1.82) is 0 Å². The standard InChI is InChI=1S/C20H20N2O2S/c1-20-12-11-18(23)22(20)17(13-25-20)19(24)21-16-10-6-5-9-15(16)14-7-3-2-4-8-14/h2-10,17H,11-13H2,1H3,(H,21,24)/t17-,20-/m1/s1. The highest BCUT2D eigenvalue weighted by atomic mass is 32.2. The van der Waals surface area contributed by atoms with Crippen molar-refractivity contribution in [3.05, 3.63) is 54.6 Å². The Morgan fingerprint density at radius 2 is 1.88 bits per heavy atom. The second-order valence-electron chi connectivity index (χ2n) is 6.67. The molecule has 2 atom stereocenters. The average Bonchev–Trinajstić information content (AvgIpc) is 3.12. The molecule has 0 unspecified atom stereocenters. The van der Waals surface area contributed by atoms with Crippen molar-refractivity contribution in [2.24, 2.45) is 0 Å². The molecule has 2 saturated heterocycles. The molecule has 25 heavy (non-hydrogen) atoms. The minimum absolute atomic E-state index is 0.0870. The number of nitrogens with zero attached hydrogens (tertiary/aromatic N) is 1. The smallest absolute Gasteiger partial charge is 0.248 e. The van der Waals surface area contributed by atoms with Gasteiger partial charge in [0.25, 0.3) is 0 Å². The number of fused-ring (bicyclic) bond motifs is 1. The Bertz CT molecular complexity index is 823. The Hall–Kier alpha value is -2.27. The summed E-state index contributed by atoms with van der Waals surface area (Å²) >= 11 is 1.71. The van der Waals surface area contributed by atoms with Crippen LogP contribution in [0.25, 0.3) is 11.1 Å². The van der Waals surface area contributed by atoms with Crippen molar-refractivity contribution < 1.29 is 9.59 Å². The van der Waals surface area contributed by atoms with E-state index in [4.69, 9.17) is 0 Å². The van der Waals surface area contributed by atoms with Crippen LogP contribution in [-0.4, -0.2) is 33.4 Å². The van der Waals surface area contributed by atoms with E-state index in [9.17, 15) is 9.59 Å². The lowest BCUT2D eigenvalue weighted by Crippen LogP contribution is -2.48. The zero-order chi connectivity index (χ0) is 17.4. The van der Waals surface area contributed by atoms with E-state index < -0.39 is 6.04 Å². The largest absolute Gasteiger partial charge is 0.324 e. The lowest BCUT2D eigenvalue weighted by molar-refractivity contribution is -0.135. The van der Waals surface area contributed by atoms with Crippen LogP contribution in [0.5, 0.6) is 0 Å². The van der Waals surface area contributed by atoms with Gasteiger partial charge in [0.15, 0.2) is 0 Å². The van der Waals surface area contributed by atoms with E-state index in [0.29, 0.717) is 12.2 Å². The van der Waals surface area contributed by atoms with E-state index in [-0.39, 0.29) is 16.7 Å². The monoisotopic (exact) mass is 352 g/mol. The summed E-state index contributed by atoms with van der Waals surface area (Å²) in [6.45, 7) is 2.06. The summed E-state index contributed by atoms with van der Waals surface area (Å²) in [6, 6.07) is 17.4. The molecule has 2 aromatic rings. The summed E-state index contributed by atoms with van der Waals surface area (Å²) in [5.41, 5.74) is 2.82. The van der Waals surface area contributed by atoms with Crippen LogP contribution in [0.2, 0.25) is 0 Å². The molecule has 0 aromatic heterocycles. The van der Waals surface area contributed by atoms with Crippen LogP contribution < -0.4 is 5.32 Å². The molecule has 128 valence electrons. The van der Waals surface area contributed by atoms with E-state index in [2.05, 4.69) is 12.2 Å². The number of benzene rings is 2. The number of thioether (sulfide) groups is 1. The molecular weight excluding hydrogens is 332 g/mol. The molecule has 2 heterocycles. The average molecular weight is 352 g/mol. The molecule has 2 aliphatic rings. The Balaban J connectivity index is 1.59. The highest BCUT2D eigenvalue weighted by Gasteiger charge is 2.52. The van der Waals surface area contributed by atoms with Crippen LogP contribution >= 0.6 is 11.8 Å². The fraction of sp³-hybridized carbons (Fsp3) is 0.300. The van der Waals surface area contributed by atoms with E-state index >= 15 is 0 Å². The maximum atomic E-state index is 12.9. The zero-order valence-electron chi connectivity index (χ0n) is 14.1. The normalized spacial score (nSPS) is 25.1. The number of hydrogen-bond donors (Lipinski definition) is 1. The molecule has 0 spiro atoms. The number of hydrogen-bond acceptors (Lipinski definition) is 3. The molecule has 0 saturated carbocycles. The predicted molar refractivity (Wildman–Crippen MR) is 101 cm³/mol. The second kappa shape index (κ2) is 6.23. The van der Waals surface area contributed by atoms with Crippen molar-refractivity contribution in [1.82, 2.24) is 4.90 Å². The van der Waals surface area contributed by atoms with Gasteiger partial charge in [-0.3, -0.25) is 9.59 Å². The predicted octanol–water partition coefficient (Wildman–Crippen LogP) is 3.75. The second-order valence-corrected chi connectivity index (χ2v) is 8.17. The number of para-hydroxylation sites is 1. The highest BCUT2D eigenvalue weighted by Crippen LogP contribution is 2.47. The Morgan fingerprint density at radius 1 is 1.16 bits per heavy atom. The van der Waals surface area contributed by atoms with Gasteiger partial charge < -0.3 is 10.2 Å². The quantitative estimate of drug-likeness (QED) is 0.915. The van der Waals surface area contributed by atoms with Gasteiger partial charge in [-0.15, -0.1) is 11.8 Å². The number of nitrogens with one attached hydrogen (secondary N) is 1.